The summed E-state index contributed by atoms with van der Waals surface area (Å²) in [6.07, 6.45) is 0. The fourth-order valence-corrected chi connectivity index (χ4v) is 4.69. The standard InChI is InChI=1S/C30H36ClN5O3/c1-20(2)19-32-29(37)24-17-22(33-30(38)34-23-10-9-21(3)25(31)18-23)11-12-26(24)35-13-15-36(16-14-35)27-7-5-6-8-28(27)39-4/h5-12,17-18,20H,13-16,19H2,1-4H3,(H,32,37)(H2,33,34,38). The van der Waals surface area contributed by atoms with E-state index in [1.165, 1.54) is 0 Å². The lowest BCUT2D eigenvalue weighted by molar-refractivity contribution is 0.0949. The average Bonchev–Trinajstić information content (AvgIpc) is 2.93. The Hall–Kier alpha value is -3.91. The van der Waals surface area contributed by atoms with Crippen molar-refractivity contribution in [2.45, 2.75) is 20.8 Å². The Morgan fingerprint density at radius 2 is 1.51 bits per heavy atom. The van der Waals surface area contributed by atoms with Crippen molar-refractivity contribution < 1.29 is 14.3 Å². The molecule has 9 heteroatoms. The Bertz CT molecular complexity index is 1320. The van der Waals surface area contributed by atoms with Gasteiger partial charge in [0.05, 0.1) is 18.4 Å². The van der Waals surface area contributed by atoms with E-state index in [0.717, 1.165) is 48.9 Å². The first-order chi connectivity index (χ1) is 18.7. The normalized spacial score (nSPS) is 13.3. The molecule has 0 radical (unpaired) electrons. The summed E-state index contributed by atoms with van der Waals surface area (Å²) < 4.78 is 5.55. The van der Waals surface area contributed by atoms with E-state index in [1.807, 2.05) is 43.3 Å². The van der Waals surface area contributed by atoms with E-state index in [1.54, 1.807) is 25.3 Å². The molecule has 3 N–H and O–H groups in total. The third-order valence-corrected chi connectivity index (χ3v) is 7.05. The lowest BCUT2D eigenvalue weighted by atomic mass is 10.1. The van der Waals surface area contributed by atoms with Gasteiger partial charge in [0.2, 0.25) is 0 Å². The number of nitrogens with one attached hydrogen (secondary N) is 3. The molecule has 1 saturated heterocycles. The van der Waals surface area contributed by atoms with Crippen molar-refractivity contribution in [3.05, 3.63) is 76.8 Å². The zero-order chi connectivity index (χ0) is 27.9. The number of anilines is 4. The monoisotopic (exact) mass is 549 g/mol. The maximum Gasteiger partial charge on any atom is 0.323 e. The van der Waals surface area contributed by atoms with Gasteiger partial charge >= 0.3 is 6.03 Å². The fraction of sp³-hybridized carbons (Fsp3) is 0.333. The molecule has 1 heterocycles. The summed E-state index contributed by atoms with van der Waals surface area (Å²) in [6.45, 7) is 9.62. The van der Waals surface area contributed by atoms with Crippen LogP contribution in [0.1, 0.15) is 29.8 Å². The zero-order valence-corrected chi connectivity index (χ0v) is 23.6. The van der Waals surface area contributed by atoms with Gasteiger partial charge < -0.3 is 30.5 Å². The molecular weight excluding hydrogens is 514 g/mol. The van der Waals surface area contributed by atoms with Crippen LogP contribution in [0, 0.1) is 12.8 Å². The molecule has 1 aliphatic rings. The van der Waals surface area contributed by atoms with Crippen molar-refractivity contribution in [2.24, 2.45) is 5.92 Å². The van der Waals surface area contributed by atoms with E-state index in [-0.39, 0.29) is 5.91 Å². The number of hydrogen-bond acceptors (Lipinski definition) is 5. The number of nitrogens with zero attached hydrogens (tertiary/aromatic N) is 2. The summed E-state index contributed by atoms with van der Waals surface area (Å²) in [4.78, 5) is 30.5. The quantitative estimate of drug-likeness (QED) is 0.320. The van der Waals surface area contributed by atoms with E-state index in [0.29, 0.717) is 34.4 Å². The second-order valence-electron chi connectivity index (χ2n) is 10.0. The number of amides is 3. The van der Waals surface area contributed by atoms with Crippen molar-refractivity contribution in [3.63, 3.8) is 0 Å². The predicted octanol–water partition coefficient (Wildman–Crippen LogP) is 6.01. The fourth-order valence-electron chi connectivity index (χ4n) is 4.51. The molecule has 0 unspecified atom stereocenters. The number of hydrogen-bond donors (Lipinski definition) is 3. The Morgan fingerprint density at radius 1 is 0.897 bits per heavy atom. The molecule has 8 nitrogen and oxygen atoms in total. The van der Waals surface area contributed by atoms with Gasteiger partial charge in [-0.05, 0) is 60.9 Å². The lowest BCUT2D eigenvalue weighted by Crippen LogP contribution is -2.47. The largest absolute Gasteiger partial charge is 0.495 e. The zero-order valence-electron chi connectivity index (χ0n) is 22.9. The summed E-state index contributed by atoms with van der Waals surface area (Å²) in [6, 6.07) is 18.4. The van der Waals surface area contributed by atoms with Gasteiger partial charge in [-0.25, -0.2) is 4.79 Å². The summed E-state index contributed by atoms with van der Waals surface area (Å²) >= 11 is 6.19. The average molecular weight is 550 g/mol. The molecule has 0 aliphatic carbocycles. The molecule has 0 aromatic heterocycles. The van der Waals surface area contributed by atoms with Gasteiger partial charge in [0.1, 0.15) is 5.75 Å². The third kappa shape index (κ3) is 7.15. The molecular formula is C30H36ClN5O3. The SMILES string of the molecule is COc1ccccc1N1CCN(c2ccc(NC(=O)Nc3ccc(C)c(Cl)c3)cc2C(=O)NCC(C)C)CC1. The van der Waals surface area contributed by atoms with Crippen LogP contribution < -0.4 is 30.5 Å². The van der Waals surface area contributed by atoms with Gasteiger partial charge in [0.25, 0.3) is 5.91 Å². The van der Waals surface area contributed by atoms with Crippen LogP contribution in [-0.4, -0.2) is 51.8 Å². The molecule has 3 amide bonds. The molecule has 206 valence electrons. The molecule has 39 heavy (non-hydrogen) atoms. The summed E-state index contributed by atoms with van der Waals surface area (Å²) in [5.41, 5.74) is 4.47. The van der Waals surface area contributed by atoms with Crippen LogP contribution in [0.3, 0.4) is 0 Å². The highest BCUT2D eigenvalue weighted by Crippen LogP contribution is 2.31. The molecule has 3 aromatic rings. The highest BCUT2D eigenvalue weighted by atomic mass is 35.5. The van der Waals surface area contributed by atoms with Crippen molar-refractivity contribution in [1.82, 2.24) is 5.32 Å². The van der Waals surface area contributed by atoms with E-state index in [9.17, 15) is 9.59 Å². The lowest BCUT2D eigenvalue weighted by Gasteiger charge is -2.38. The van der Waals surface area contributed by atoms with Gasteiger partial charge in [-0.2, -0.15) is 0 Å². The van der Waals surface area contributed by atoms with Crippen LogP contribution in [0.5, 0.6) is 5.75 Å². The maximum absolute atomic E-state index is 13.3. The van der Waals surface area contributed by atoms with Gasteiger partial charge in [0.15, 0.2) is 0 Å². The molecule has 0 atom stereocenters. The van der Waals surface area contributed by atoms with E-state index < -0.39 is 6.03 Å². The van der Waals surface area contributed by atoms with Gasteiger partial charge in [-0.3, -0.25) is 4.79 Å². The van der Waals surface area contributed by atoms with Crippen LogP contribution in [-0.2, 0) is 0 Å². The van der Waals surface area contributed by atoms with E-state index >= 15 is 0 Å². The number of carbonyl (C=O) groups excluding carboxylic acids is 2. The van der Waals surface area contributed by atoms with Crippen molar-refractivity contribution in [2.75, 3.05) is 60.3 Å². The number of ether oxygens (including phenoxy) is 1. The van der Waals surface area contributed by atoms with Gasteiger partial charge in [0, 0.05) is 54.8 Å². The van der Waals surface area contributed by atoms with Crippen molar-refractivity contribution in [3.8, 4) is 5.75 Å². The summed E-state index contributed by atoms with van der Waals surface area (Å²) in [5, 5.41) is 9.24. The highest BCUT2D eigenvalue weighted by molar-refractivity contribution is 6.31. The topological polar surface area (TPSA) is 85.9 Å². The highest BCUT2D eigenvalue weighted by Gasteiger charge is 2.24. The van der Waals surface area contributed by atoms with Crippen LogP contribution >= 0.6 is 11.6 Å². The first-order valence-electron chi connectivity index (χ1n) is 13.1. The predicted molar refractivity (Wildman–Crippen MR) is 160 cm³/mol. The van der Waals surface area contributed by atoms with Crippen LogP contribution in [0.15, 0.2) is 60.7 Å². The van der Waals surface area contributed by atoms with Crippen LogP contribution in [0.4, 0.5) is 27.5 Å². The van der Waals surface area contributed by atoms with Crippen molar-refractivity contribution >= 4 is 46.3 Å². The summed E-state index contributed by atoms with van der Waals surface area (Å²) in [7, 11) is 1.68. The number of aryl methyl sites for hydroxylation is 1. The minimum atomic E-state index is -0.415. The second kappa shape index (κ2) is 12.8. The van der Waals surface area contributed by atoms with Crippen LogP contribution in [0.25, 0.3) is 0 Å². The smallest absolute Gasteiger partial charge is 0.323 e. The Labute approximate surface area is 235 Å². The second-order valence-corrected chi connectivity index (χ2v) is 10.4. The molecule has 1 aliphatic heterocycles. The summed E-state index contributed by atoms with van der Waals surface area (Å²) in [5.74, 6) is 0.997. The molecule has 4 rings (SSSR count). The molecule has 0 saturated carbocycles. The number of benzene rings is 3. The molecule has 0 bridgehead atoms. The first-order valence-corrected chi connectivity index (χ1v) is 13.5. The van der Waals surface area contributed by atoms with E-state index in [2.05, 4.69) is 45.7 Å². The van der Waals surface area contributed by atoms with E-state index in [4.69, 9.17) is 16.3 Å². The number of methoxy groups -OCH3 is 1. The first kappa shape index (κ1) is 28.1. The number of halogens is 1. The minimum absolute atomic E-state index is 0.166. The number of piperazine rings is 1. The van der Waals surface area contributed by atoms with Gasteiger partial charge in [-0.1, -0.05) is 43.6 Å². The molecule has 3 aromatic carbocycles. The van der Waals surface area contributed by atoms with Crippen molar-refractivity contribution in [1.29, 1.82) is 0 Å². The van der Waals surface area contributed by atoms with Crippen LogP contribution in [0.2, 0.25) is 5.02 Å². The number of para-hydroxylation sites is 2. The number of carbonyl (C=O) groups is 2. The Balaban J connectivity index is 1.51. The Kier molecular flexibility index (Phi) is 9.19. The number of rotatable bonds is 8. The molecule has 0 spiro atoms. The molecule has 1 fully saturated rings. The van der Waals surface area contributed by atoms with Gasteiger partial charge in [-0.15, -0.1) is 0 Å². The number of urea groups is 1. The Morgan fingerprint density at radius 3 is 2.15 bits per heavy atom. The minimum Gasteiger partial charge on any atom is -0.495 e. The third-order valence-electron chi connectivity index (χ3n) is 6.65. The maximum atomic E-state index is 13.3.